The topological polar surface area (TPSA) is 12.0 Å². The molecule has 0 aliphatic heterocycles. The van der Waals surface area contributed by atoms with Gasteiger partial charge in [-0.05, 0) is 73.7 Å². The van der Waals surface area contributed by atoms with E-state index in [-0.39, 0.29) is 6.04 Å². The van der Waals surface area contributed by atoms with E-state index in [9.17, 15) is 0 Å². The molecule has 2 aromatic rings. The normalized spacial score (nSPS) is 12.5. The number of nitrogens with one attached hydrogen (secondary N) is 1. The summed E-state index contributed by atoms with van der Waals surface area (Å²) in [7, 11) is 0. The van der Waals surface area contributed by atoms with Gasteiger partial charge in [0.1, 0.15) is 0 Å². The fourth-order valence-electron chi connectivity index (χ4n) is 2.75. The smallest absolute Gasteiger partial charge is 0.0590 e. The van der Waals surface area contributed by atoms with Gasteiger partial charge >= 0.3 is 0 Å². The summed E-state index contributed by atoms with van der Waals surface area (Å²) in [6, 6.07) is 11.4. The van der Waals surface area contributed by atoms with Crippen LogP contribution < -0.4 is 5.32 Å². The van der Waals surface area contributed by atoms with Crippen molar-refractivity contribution in [2.45, 2.75) is 40.7 Å². The molecule has 21 heavy (non-hydrogen) atoms. The van der Waals surface area contributed by atoms with Crippen molar-refractivity contribution in [2.24, 2.45) is 0 Å². The lowest BCUT2D eigenvalue weighted by atomic mass is 9.91. The van der Waals surface area contributed by atoms with Crippen LogP contribution in [-0.2, 0) is 0 Å². The van der Waals surface area contributed by atoms with Crippen LogP contribution in [0.1, 0.15) is 46.3 Å². The van der Waals surface area contributed by atoms with E-state index < -0.39 is 0 Å². The number of halogens is 1. The van der Waals surface area contributed by atoms with Gasteiger partial charge in [0, 0.05) is 4.47 Å². The average molecular weight is 346 g/mol. The first-order valence-corrected chi connectivity index (χ1v) is 8.30. The van der Waals surface area contributed by atoms with Gasteiger partial charge in [0.05, 0.1) is 6.04 Å². The monoisotopic (exact) mass is 345 g/mol. The third kappa shape index (κ3) is 3.56. The lowest BCUT2D eigenvalue weighted by Gasteiger charge is -2.23. The summed E-state index contributed by atoms with van der Waals surface area (Å²) < 4.78 is 1.17. The lowest BCUT2D eigenvalue weighted by Crippen LogP contribution is -2.23. The first-order chi connectivity index (χ1) is 9.93. The Bertz CT molecular complexity index is 646. The first kappa shape index (κ1) is 16.3. The Morgan fingerprint density at radius 2 is 1.57 bits per heavy atom. The molecule has 0 aromatic heterocycles. The van der Waals surface area contributed by atoms with Crippen molar-refractivity contribution in [3.63, 3.8) is 0 Å². The number of aryl methyl sites for hydroxylation is 4. The van der Waals surface area contributed by atoms with Gasteiger partial charge in [-0.25, -0.2) is 0 Å². The van der Waals surface area contributed by atoms with Gasteiger partial charge in [0.15, 0.2) is 0 Å². The number of hydrogen-bond acceptors (Lipinski definition) is 1. The molecule has 0 amide bonds. The highest BCUT2D eigenvalue weighted by Crippen LogP contribution is 2.32. The van der Waals surface area contributed by atoms with Gasteiger partial charge in [0.25, 0.3) is 0 Å². The van der Waals surface area contributed by atoms with E-state index in [2.05, 4.69) is 86.2 Å². The van der Waals surface area contributed by atoms with E-state index in [1.54, 1.807) is 0 Å². The van der Waals surface area contributed by atoms with Crippen molar-refractivity contribution in [3.05, 3.63) is 68.2 Å². The van der Waals surface area contributed by atoms with Crippen molar-refractivity contribution in [2.75, 3.05) is 6.54 Å². The fraction of sp³-hybridized carbons (Fsp3) is 0.368. The lowest BCUT2D eigenvalue weighted by molar-refractivity contribution is 0.625. The van der Waals surface area contributed by atoms with Crippen LogP contribution in [0.2, 0.25) is 0 Å². The molecule has 1 atom stereocenters. The molecule has 1 N–H and O–H groups in total. The Kier molecular flexibility index (Phi) is 5.23. The van der Waals surface area contributed by atoms with Crippen LogP contribution in [0.4, 0.5) is 0 Å². The highest BCUT2D eigenvalue weighted by molar-refractivity contribution is 9.10. The highest BCUT2D eigenvalue weighted by atomic mass is 79.9. The summed E-state index contributed by atoms with van der Waals surface area (Å²) in [6.07, 6.45) is 0. The van der Waals surface area contributed by atoms with Crippen LogP contribution in [0.15, 0.2) is 34.8 Å². The van der Waals surface area contributed by atoms with Gasteiger partial charge in [-0.1, -0.05) is 47.1 Å². The molecule has 0 aliphatic carbocycles. The SMILES string of the molecule is CCNC(c1cc(C)c(C)cc1C)c1ccc(C)cc1Br. The van der Waals surface area contributed by atoms with Crippen molar-refractivity contribution >= 4 is 15.9 Å². The van der Waals surface area contributed by atoms with E-state index in [1.165, 1.54) is 37.9 Å². The molecule has 0 bridgehead atoms. The minimum atomic E-state index is 0.226. The van der Waals surface area contributed by atoms with Crippen LogP contribution >= 0.6 is 15.9 Å². The maximum Gasteiger partial charge on any atom is 0.0590 e. The minimum absolute atomic E-state index is 0.226. The summed E-state index contributed by atoms with van der Waals surface area (Å²) in [4.78, 5) is 0. The second-order valence-corrected chi connectivity index (χ2v) is 6.66. The molecule has 2 rings (SSSR count). The zero-order valence-corrected chi connectivity index (χ0v) is 15.1. The summed E-state index contributed by atoms with van der Waals surface area (Å²) in [5.74, 6) is 0. The van der Waals surface area contributed by atoms with Crippen LogP contribution in [0.3, 0.4) is 0 Å². The van der Waals surface area contributed by atoms with Crippen molar-refractivity contribution < 1.29 is 0 Å². The predicted octanol–water partition coefficient (Wildman–Crippen LogP) is 5.38. The van der Waals surface area contributed by atoms with Gasteiger partial charge in [0.2, 0.25) is 0 Å². The Morgan fingerprint density at radius 3 is 2.19 bits per heavy atom. The number of hydrogen-bond donors (Lipinski definition) is 1. The fourth-order valence-corrected chi connectivity index (χ4v) is 3.47. The first-order valence-electron chi connectivity index (χ1n) is 7.51. The molecule has 112 valence electrons. The third-order valence-electron chi connectivity index (χ3n) is 4.07. The number of rotatable bonds is 4. The average Bonchev–Trinajstić information content (AvgIpc) is 2.41. The molecule has 0 radical (unpaired) electrons. The zero-order chi connectivity index (χ0) is 15.6. The molecule has 0 saturated heterocycles. The largest absolute Gasteiger partial charge is 0.306 e. The van der Waals surface area contributed by atoms with Crippen molar-refractivity contribution in [1.82, 2.24) is 5.32 Å². The predicted molar refractivity (Wildman–Crippen MR) is 95.1 cm³/mol. The highest BCUT2D eigenvalue weighted by Gasteiger charge is 2.18. The summed E-state index contributed by atoms with van der Waals surface area (Å²) in [5.41, 5.74) is 7.99. The second kappa shape index (κ2) is 6.76. The molecule has 0 fully saturated rings. The summed E-state index contributed by atoms with van der Waals surface area (Å²) in [5, 5.41) is 3.63. The maximum atomic E-state index is 3.73. The van der Waals surface area contributed by atoms with E-state index in [0.717, 1.165) is 6.54 Å². The third-order valence-corrected chi connectivity index (χ3v) is 4.76. The van der Waals surface area contributed by atoms with Crippen LogP contribution in [0.5, 0.6) is 0 Å². The molecule has 0 spiro atoms. The molecule has 1 unspecified atom stereocenters. The molecule has 2 heteroatoms. The Balaban J connectivity index is 2.55. The van der Waals surface area contributed by atoms with E-state index in [4.69, 9.17) is 0 Å². The standard InChI is InChI=1S/C19H24BrN/c1-6-21-19(16-8-7-12(2)9-18(16)20)17-11-14(4)13(3)10-15(17)5/h7-11,19,21H,6H2,1-5H3. The van der Waals surface area contributed by atoms with Gasteiger partial charge in [-0.2, -0.15) is 0 Å². The molecular formula is C19H24BrN. The maximum absolute atomic E-state index is 3.73. The van der Waals surface area contributed by atoms with Crippen LogP contribution in [0.25, 0.3) is 0 Å². The molecule has 0 saturated carbocycles. The van der Waals surface area contributed by atoms with Crippen LogP contribution in [-0.4, -0.2) is 6.54 Å². The molecular weight excluding hydrogens is 322 g/mol. The van der Waals surface area contributed by atoms with E-state index >= 15 is 0 Å². The molecule has 1 nitrogen and oxygen atoms in total. The van der Waals surface area contributed by atoms with Crippen molar-refractivity contribution in [1.29, 1.82) is 0 Å². The quantitative estimate of drug-likeness (QED) is 0.783. The van der Waals surface area contributed by atoms with Gasteiger partial charge < -0.3 is 5.32 Å². The Hall–Kier alpha value is -1.12. The van der Waals surface area contributed by atoms with Gasteiger partial charge in [-0.15, -0.1) is 0 Å². The number of benzene rings is 2. The summed E-state index contributed by atoms with van der Waals surface area (Å²) >= 11 is 3.73. The molecule has 2 aromatic carbocycles. The van der Waals surface area contributed by atoms with E-state index in [1.807, 2.05) is 0 Å². The van der Waals surface area contributed by atoms with Gasteiger partial charge in [-0.3, -0.25) is 0 Å². The van der Waals surface area contributed by atoms with E-state index in [0.29, 0.717) is 0 Å². The van der Waals surface area contributed by atoms with Crippen LogP contribution in [0, 0.1) is 27.7 Å². The summed E-state index contributed by atoms with van der Waals surface area (Å²) in [6.45, 7) is 11.8. The second-order valence-electron chi connectivity index (χ2n) is 5.81. The zero-order valence-electron chi connectivity index (χ0n) is 13.5. The Morgan fingerprint density at radius 1 is 0.905 bits per heavy atom. The molecule has 0 heterocycles. The molecule has 0 aliphatic rings. The van der Waals surface area contributed by atoms with Crippen molar-refractivity contribution in [3.8, 4) is 0 Å². The Labute approximate surface area is 136 Å². The minimum Gasteiger partial charge on any atom is -0.306 e.